The fourth-order valence-electron chi connectivity index (χ4n) is 3.37. The van der Waals surface area contributed by atoms with Gasteiger partial charge in [-0.15, -0.1) is 0 Å². The second-order valence-electron chi connectivity index (χ2n) is 7.27. The zero-order chi connectivity index (χ0) is 19.2. The molecule has 3 unspecified atom stereocenters. The Morgan fingerprint density at radius 1 is 1.22 bits per heavy atom. The summed E-state index contributed by atoms with van der Waals surface area (Å²) in [5.74, 6) is -0.607. The second kappa shape index (κ2) is 9.64. The van der Waals surface area contributed by atoms with Crippen molar-refractivity contribution in [2.75, 3.05) is 52.7 Å². The van der Waals surface area contributed by atoms with E-state index in [1.54, 1.807) is 13.8 Å². The lowest BCUT2D eigenvalue weighted by Gasteiger charge is -2.24. The van der Waals surface area contributed by atoms with Crippen LogP contribution in [0.1, 0.15) is 20.3 Å². The predicted octanol–water partition coefficient (Wildman–Crippen LogP) is 1.36. The monoisotopic (exact) mass is 384 g/mol. The highest BCUT2D eigenvalue weighted by Crippen LogP contribution is 2.20. The molecule has 0 aromatic carbocycles. The summed E-state index contributed by atoms with van der Waals surface area (Å²) in [5, 5.41) is 2.55. The molecule has 3 aliphatic heterocycles. The third-order valence-corrected chi connectivity index (χ3v) is 5.17. The summed E-state index contributed by atoms with van der Waals surface area (Å²) >= 11 is 0. The van der Waals surface area contributed by atoms with Crippen molar-refractivity contribution in [1.29, 1.82) is 0 Å². The molecule has 3 fully saturated rings. The van der Waals surface area contributed by atoms with Gasteiger partial charge in [-0.05, 0) is 26.3 Å². The predicted molar refractivity (Wildman–Crippen MR) is 96.5 cm³/mol. The Balaban J connectivity index is 1.43. The molecule has 152 valence electrons. The molecule has 1 N–H and O–H groups in total. The SMILES string of the molecule is CC(NC(=O)C(F)=CCN1CC2OCCOC2C1)=C(C)OCC1CCOC1. The fraction of sp³-hybridized carbons (Fsp3) is 0.737. The van der Waals surface area contributed by atoms with Gasteiger partial charge in [0.05, 0.1) is 44.3 Å². The minimum Gasteiger partial charge on any atom is -0.496 e. The van der Waals surface area contributed by atoms with Crippen LogP contribution in [0.25, 0.3) is 0 Å². The molecule has 0 aromatic heterocycles. The Labute approximate surface area is 159 Å². The Bertz CT molecular complexity index is 575. The molecule has 3 atom stereocenters. The van der Waals surface area contributed by atoms with E-state index in [-0.39, 0.29) is 12.2 Å². The zero-order valence-electron chi connectivity index (χ0n) is 16.0. The summed E-state index contributed by atoms with van der Waals surface area (Å²) in [5.41, 5.74) is 0.511. The third kappa shape index (κ3) is 5.75. The second-order valence-corrected chi connectivity index (χ2v) is 7.27. The molecule has 3 saturated heterocycles. The van der Waals surface area contributed by atoms with Gasteiger partial charge in [0.15, 0.2) is 5.83 Å². The Hall–Kier alpha value is -1.48. The number of fused-ring (bicyclic) bond motifs is 1. The standard InChI is InChI=1S/C19H29FN2O5/c1-13(14(2)27-12-15-4-6-24-11-15)21-19(23)16(20)3-5-22-9-17-18(10-22)26-8-7-25-17/h3,15,17-18H,4-12H2,1-2H3,(H,21,23). The average Bonchev–Trinajstić information content (AvgIpc) is 3.32. The van der Waals surface area contributed by atoms with E-state index in [1.807, 2.05) is 4.90 Å². The topological polar surface area (TPSA) is 69.3 Å². The summed E-state index contributed by atoms with van der Waals surface area (Å²) in [6.07, 6.45) is 2.36. The van der Waals surface area contributed by atoms with Crippen molar-refractivity contribution < 1.29 is 28.1 Å². The highest BCUT2D eigenvalue weighted by molar-refractivity contribution is 5.92. The van der Waals surface area contributed by atoms with Crippen LogP contribution < -0.4 is 5.32 Å². The number of nitrogens with one attached hydrogen (secondary N) is 1. The Morgan fingerprint density at radius 3 is 2.56 bits per heavy atom. The number of halogens is 1. The maximum Gasteiger partial charge on any atom is 0.283 e. The quantitative estimate of drug-likeness (QED) is 0.528. The lowest BCUT2D eigenvalue weighted by atomic mass is 10.1. The molecular weight excluding hydrogens is 355 g/mol. The van der Waals surface area contributed by atoms with Gasteiger partial charge in [0, 0.05) is 32.2 Å². The average molecular weight is 384 g/mol. The molecule has 7 nitrogen and oxygen atoms in total. The summed E-state index contributed by atoms with van der Waals surface area (Å²) in [6, 6.07) is 0. The molecule has 0 aliphatic carbocycles. The molecular formula is C19H29FN2O5. The number of likely N-dealkylation sites (tertiary alicyclic amines) is 1. The van der Waals surface area contributed by atoms with Gasteiger partial charge < -0.3 is 24.3 Å². The molecule has 8 heteroatoms. The van der Waals surface area contributed by atoms with Gasteiger partial charge in [-0.3, -0.25) is 9.69 Å². The van der Waals surface area contributed by atoms with E-state index >= 15 is 0 Å². The van der Waals surface area contributed by atoms with Gasteiger partial charge in [-0.1, -0.05) is 0 Å². The van der Waals surface area contributed by atoms with Crippen molar-refractivity contribution >= 4 is 5.91 Å². The molecule has 0 saturated carbocycles. The van der Waals surface area contributed by atoms with Gasteiger partial charge in [-0.25, -0.2) is 4.39 Å². The number of rotatable bonds is 7. The largest absolute Gasteiger partial charge is 0.496 e. The van der Waals surface area contributed by atoms with Gasteiger partial charge in [0.25, 0.3) is 5.91 Å². The first kappa shape index (κ1) is 20.3. The van der Waals surface area contributed by atoms with Crippen LogP contribution in [0.15, 0.2) is 23.4 Å². The van der Waals surface area contributed by atoms with E-state index in [1.165, 1.54) is 6.08 Å². The first-order valence-electron chi connectivity index (χ1n) is 9.53. The molecule has 3 aliphatic rings. The Kier molecular flexibility index (Phi) is 7.23. The number of hydrogen-bond donors (Lipinski definition) is 1. The first-order chi connectivity index (χ1) is 13.0. The number of amides is 1. The molecule has 3 heterocycles. The molecule has 0 spiro atoms. The smallest absolute Gasteiger partial charge is 0.283 e. The number of ether oxygens (including phenoxy) is 4. The zero-order valence-corrected chi connectivity index (χ0v) is 16.0. The lowest BCUT2D eigenvalue weighted by Crippen LogP contribution is -2.36. The third-order valence-electron chi connectivity index (χ3n) is 5.17. The van der Waals surface area contributed by atoms with E-state index < -0.39 is 11.7 Å². The van der Waals surface area contributed by atoms with Crippen LogP contribution >= 0.6 is 0 Å². The lowest BCUT2D eigenvalue weighted by molar-refractivity contribution is -0.118. The van der Waals surface area contributed by atoms with E-state index in [4.69, 9.17) is 18.9 Å². The van der Waals surface area contributed by atoms with Crippen LogP contribution in [-0.2, 0) is 23.7 Å². The Morgan fingerprint density at radius 2 is 1.93 bits per heavy atom. The number of hydrogen-bond acceptors (Lipinski definition) is 6. The van der Waals surface area contributed by atoms with Crippen molar-refractivity contribution in [3.05, 3.63) is 23.4 Å². The molecule has 3 rings (SSSR count). The van der Waals surface area contributed by atoms with Crippen LogP contribution in [0.3, 0.4) is 0 Å². The van der Waals surface area contributed by atoms with E-state index in [0.717, 1.165) is 13.0 Å². The van der Waals surface area contributed by atoms with Gasteiger partial charge in [-0.2, -0.15) is 0 Å². The highest BCUT2D eigenvalue weighted by Gasteiger charge is 2.36. The van der Waals surface area contributed by atoms with Crippen LogP contribution in [0.2, 0.25) is 0 Å². The summed E-state index contributed by atoms with van der Waals surface area (Å²) in [4.78, 5) is 14.1. The van der Waals surface area contributed by atoms with Crippen molar-refractivity contribution in [1.82, 2.24) is 10.2 Å². The summed E-state index contributed by atoms with van der Waals surface area (Å²) < 4.78 is 36.4. The van der Waals surface area contributed by atoms with E-state index in [0.29, 0.717) is 63.4 Å². The summed E-state index contributed by atoms with van der Waals surface area (Å²) in [7, 11) is 0. The van der Waals surface area contributed by atoms with Crippen molar-refractivity contribution in [3.8, 4) is 0 Å². The van der Waals surface area contributed by atoms with Gasteiger partial charge in [0.1, 0.15) is 5.76 Å². The molecule has 0 bridgehead atoms. The highest BCUT2D eigenvalue weighted by atomic mass is 19.1. The first-order valence-corrected chi connectivity index (χ1v) is 9.53. The normalized spacial score (nSPS) is 30.0. The molecule has 0 aromatic rings. The van der Waals surface area contributed by atoms with Gasteiger partial charge >= 0.3 is 0 Å². The number of carbonyl (C=O) groups excluding carboxylic acids is 1. The van der Waals surface area contributed by atoms with Gasteiger partial charge in [0.2, 0.25) is 0 Å². The van der Waals surface area contributed by atoms with Crippen LogP contribution in [0, 0.1) is 5.92 Å². The number of allylic oxidation sites excluding steroid dienone is 2. The van der Waals surface area contributed by atoms with Crippen molar-refractivity contribution in [2.45, 2.75) is 32.5 Å². The van der Waals surface area contributed by atoms with E-state index in [2.05, 4.69) is 5.32 Å². The fourth-order valence-corrected chi connectivity index (χ4v) is 3.37. The molecule has 1 amide bonds. The van der Waals surface area contributed by atoms with E-state index in [9.17, 15) is 9.18 Å². The minimum absolute atomic E-state index is 0.0410. The molecule has 27 heavy (non-hydrogen) atoms. The minimum atomic E-state index is -0.803. The summed E-state index contributed by atoms with van der Waals surface area (Å²) in [6.45, 7) is 8.39. The van der Waals surface area contributed by atoms with Crippen LogP contribution in [0.5, 0.6) is 0 Å². The molecule has 0 radical (unpaired) electrons. The van der Waals surface area contributed by atoms with Crippen LogP contribution in [-0.4, -0.2) is 75.7 Å². The maximum absolute atomic E-state index is 14.2. The number of nitrogens with zero attached hydrogens (tertiary/aromatic N) is 1. The van der Waals surface area contributed by atoms with Crippen molar-refractivity contribution in [3.63, 3.8) is 0 Å². The van der Waals surface area contributed by atoms with Crippen molar-refractivity contribution in [2.24, 2.45) is 5.92 Å². The number of carbonyl (C=O) groups is 1. The maximum atomic E-state index is 14.2. The van der Waals surface area contributed by atoms with Crippen LogP contribution in [0.4, 0.5) is 4.39 Å².